The number of nitrogens with two attached hydrogens (primary N) is 1. The number of nitrogens with one attached hydrogen (secondary N) is 2. The van der Waals surface area contributed by atoms with E-state index in [2.05, 4.69) is 10.0 Å². The van der Waals surface area contributed by atoms with E-state index in [1.54, 1.807) is 6.92 Å². The zero-order valence-electron chi connectivity index (χ0n) is 10.4. The van der Waals surface area contributed by atoms with Gasteiger partial charge in [-0.2, -0.15) is 0 Å². The molecule has 0 aliphatic carbocycles. The summed E-state index contributed by atoms with van der Waals surface area (Å²) in [6, 6.07) is 3.02. The highest BCUT2D eigenvalue weighted by atomic mass is 32.2. The number of anilines is 1. The molecule has 1 amide bonds. The summed E-state index contributed by atoms with van der Waals surface area (Å²) in [5.41, 5.74) is 5.27. The van der Waals surface area contributed by atoms with Crippen LogP contribution in [0.1, 0.15) is 13.3 Å². The minimum atomic E-state index is -3.84. The first-order chi connectivity index (χ1) is 8.86. The summed E-state index contributed by atoms with van der Waals surface area (Å²) in [5, 5.41) is 2.54. The molecule has 0 atom stereocenters. The molecule has 8 heteroatoms. The Morgan fingerprint density at radius 2 is 2.11 bits per heavy atom. The molecule has 0 radical (unpaired) electrons. The molecule has 0 aliphatic rings. The molecule has 106 valence electrons. The number of carbonyl (C=O) groups excluding carboxylic acids is 1. The first-order valence-corrected chi connectivity index (χ1v) is 7.16. The summed E-state index contributed by atoms with van der Waals surface area (Å²) in [6.45, 7) is 2.20. The van der Waals surface area contributed by atoms with Crippen LogP contribution >= 0.6 is 0 Å². The van der Waals surface area contributed by atoms with Crippen molar-refractivity contribution in [2.24, 2.45) is 0 Å². The van der Waals surface area contributed by atoms with Gasteiger partial charge in [0.25, 0.3) is 0 Å². The van der Waals surface area contributed by atoms with Crippen LogP contribution in [0.2, 0.25) is 0 Å². The van der Waals surface area contributed by atoms with Gasteiger partial charge >= 0.3 is 0 Å². The summed E-state index contributed by atoms with van der Waals surface area (Å²) >= 11 is 0. The number of amides is 1. The predicted octanol–water partition coefficient (Wildman–Crippen LogP) is 0.212. The fourth-order valence-corrected chi connectivity index (χ4v) is 2.57. The molecule has 1 aromatic carbocycles. The second-order valence-electron chi connectivity index (χ2n) is 3.78. The third-order valence-corrected chi connectivity index (χ3v) is 3.81. The van der Waals surface area contributed by atoms with Gasteiger partial charge in [-0.05, 0) is 25.1 Å². The molecule has 6 nitrogen and oxygen atoms in total. The molecule has 0 heterocycles. The van der Waals surface area contributed by atoms with E-state index in [4.69, 9.17) is 5.73 Å². The molecule has 1 aromatic rings. The van der Waals surface area contributed by atoms with E-state index in [0.29, 0.717) is 6.54 Å². The molecule has 0 aromatic heterocycles. The second kappa shape index (κ2) is 6.48. The lowest BCUT2D eigenvalue weighted by Crippen LogP contribution is -2.31. The molecular formula is C11H16FN3O3S. The van der Waals surface area contributed by atoms with Crippen LogP contribution in [-0.2, 0) is 14.8 Å². The smallest absolute Gasteiger partial charge is 0.242 e. The molecule has 0 fully saturated rings. The lowest BCUT2D eigenvalue weighted by atomic mass is 10.3. The average Bonchev–Trinajstić information content (AvgIpc) is 2.28. The fraction of sp³-hybridized carbons (Fsp3) is 0.364. The lowest BCUT2D eigenvalue weighted by Gasteiger charge is -2.09. The minimum Gasteiger partial charge on any atom is -0.398 e. The highest BCUT2D eigenvalue weighted by molar-refractivity contribution is 7.89. The van der Waals surface area contributed by atoms with Gasteiger partial charge in [-0.1, -0.05) is 0 Å². The van der Waals surface area contributed by atoms with Gasteiger partial charge < -0.3 is 11.1 Å². The Bertz CT molecular complexity index is 560. The van der Waals surface area contributed by atoms with E-state index < -0.39 is 15.8 Å². The van der Waals surface area contributed by atoms with Crippen LogP contribution in [-0.4, -0.2) is 27.4 Å². The van der Waals surface area contributed by atoms with Gasteiger partial charge in [0.1, 0.15) is 10.7 Å². The van der Waals surface area contributed by atoms with Crippen LogP contribution < -0.4 is 15.8 Å². The number of benzene rings is 1. The van der Waals surface area contributed by atoms with E-state index >= 15 is 0 Å². The first kappa shape index (κ1) is 15.4. The maximum absolute atomic E-state index is 12.8. The Kier molecular flexibility index (Phi) is 5.25. The molecule has 0 unspecified atom stereocenters. The van der Waals surface area contributed by atoms with Gasteiger partial charge in [0.2, 0.25) is 15.9 Å². The van der Waals surface area contributed by atoms with Crippen LogP contribution in [0.15, 0.2) is 23.1 Å². The Balaban J connectivity index is 2.68. The molecule has 4 N–H and O–H groups in total. The summed E-state index contributed by atoms with van der Waals surface area (Å²) in [7, 11) is -3.84. The van der Waals surface area contributed by atoms with Gasteiger partial charge in [0, 0.05) is 19.5 Å². The molecule has 0 saturated heterocycles. The molecule has 0 aliphatic heterocycles. The standard InChI is InChI=1S/C11H16FN3O3S/c1-2-14-11(16)5-6-15-19(17,18)10-4-3-8(12)7-9(10)13/h3-4,7,15H,2,5-6,13H2,1H3,(H,14,16). The summed E-state index contributed by atoms with van der Waals surface area (Å²) in [4.78, 5) is 11.0. The van der Waals surface area contributed by atoms with Crippen molar-refractivity contribution in [3.05, 3.63) is 24.0 Å². The maximum atomic E-state index is 12.8. The second-order valence-corrected chi connectivity index (χ2v) is 5.52. The Morgan fingerprint density at radius 1 is 1.42 bits per heavy atom. The molecular weight excluding hydrogens is 273 g/mol. The third-order valence-electron chi connectivity index (χ3n) is 2.28. The van der Waals surface area contributed by atoms with E-state index in [9.17, 15) is 17.6 Å². The van der Waals surface area contributed by atoms with E-state index in [-0.39, 0.29) is 29.5 Å². The number of rotatable bonds is 6. The maximum Gasteiger partial charge on any atom is 0.242 e. The first-order valence-electron chi connectivity index (χ1n) is 5.68. The van der Waals surface area contributed by atoms with Gasteiger partial charge in [-0.3, -0.25) is 4.79 Å². The predicted molar refractivity (Wildman–Crippen MR) is 69.3 cm³/mol. The molecule has 19 heavy (non-hydrogen) atoms. The zero-order valence-corrected chi connectivity index (χ0v) is 11.3. The van der Waals surface area contributed by atoms with Crippen LogP contribution in [0.25, 0.3) is 0 Å². The highest BCUT2D eigenvalue weighted by Gasteiger charge is 2.17. The van der Waals surface area contributed by atoms with E-state index in [1.165, 1.54) is 0 Å². The largest absolute Gasteiger partial charge is 0.398 e. The monoisotopic (exact) mass is 289 g/mol. The zero-order chi connectivity index (χ0) is 14.5. The van der Waals surface area contributed by atoms with Gasteiger partial charge in [-0.15, -0.1) is 0 Å². The number of hydrogen-bond donors (Lipinski definition) is 3. The number of carbonyl (C=O) groups is 1. The molecule has 0 spiro atoms. The van der Waals surface area contributed by atoms with Crippen molar-refractivity contribution >= 4 is 21.6 Å². The number of sulfonamides is 1. The van der Waals surface area contributed by atoms with Crippen molar-refractivity contribution in [2.75, 3.05) is 18.8 Å². The van der Waals surface area contributed by atoms with Crippen LogP contribution in [0.3, 0.4) is 0 Å². The SMILES string of the molecule is CCNC(=O)CCNS(=O)(=O)c1ccc(F)cc1N. The van der Waals surface area contributed by atoms with Gasteiger partial charge in [-0.25, -0.2) is 17.5 Å². The van der Waals surface area contributed by atoms with Crippen LogP contribution in [0.5, 0.6) is 0 Å². The topological polar surface area (TPSA) is 101 Å². The molecule has 0 bridgehead atoms. The van der Waals surface area contributed by atoms with Crippen molar-refractivity contribution in [1.82, 2.24) is 10.0 Å². The van der Waals surface area contributed by atoms with E-state index in [0.717, 1.165) is 18.2 Å². The average molecular weight is 289 g/mol. The van der Waals surface area contributed by atoms with Crippen molar-refractivity contribution in [3.8, 4) is 0 Å². The van der Waals surface area contributed by atoms with Gasteiger partial charge in [0.15, 0.2) is 0 Å². The van der Waals surface area contributed by atoms with E-state index in [1.807, 2.05) is 0 Å². The molecule has 1 rings (SSSR count). The number of nitrogen functional groups attached to an aromatic ring is 1. The van der Waals surface area contributed by atoms with Crippen LogP contribution in [0, 0.1) is 5.82 Å². The summed E-state index contributed by atoms with van der Waals surface area (Å²) in [6.07, 6.45) is 0.0220. The molecule has 0 saturated carbocycles. The van der Waals surface area contributed by atoms with Crippen LogP contribution in [0.4, 0.5) is 10.1 Å². The number of hydrogen-bond acceptors (Lipinski definition) is 4. The van der Waals surface area contributed by atoms with Crippen molar-refractivity contribution in [3.63, 3.8) is 0 Å². The summed E-state index contributed by atoms with van der Waals surface area (Å²) < 4.78 is 38.8. The van der Waals surface area contributed by atoms with Gasteiger partial charge in [0.05, 0.1) is 5.69 Å². The quantitative estimate of drug-likeness (QED) is 0.652. The Hall–Kier alpha value is -1.67. The Labute approximate surface area is 111 Å². The highest BCUT2D eigenvalue weighted by Crippen LogP contribution is 2.18. The summed E-state index contributed by atoms with van der Waals surface area (Å²) in [5.74, 6) is -0.865. The third kappa shape index (κ3) is 4.49. The minimum absolute atomic E-state index is 0.0220. The lowest BCUT2D eigenvalue weighted by molar-refractivity contribution is -0.120. The fourth-order valence-electron chi connectivity index (χ4n) is 1.43. The Morgan fingerprint density at radius 3 is 2.68 bits per heavy atom. The number of halogens is 1. The van der Waals surface area contributed by atoms with Crippen molar-refractivity contribution in [1.29, 1.82) is 0 Å². The normalized spacial score (nSPS) is 11.3. The van der Waals surface area contributed by atoms with Crippen molar-refractivity contribution < 1.29 is 17.6 Å². The van der Waals surface area contributed by atoms with Crippen molar-refractivity contribution in [2.45, 2.75) is 18.2 Å².